The van der Waals surface area contributed by atoms with Gasteiger partial charge < -0.3 is 4.74 Å². The molecule has 0 saturated carbocycles. The van der Waals surface area contributed by atoms with E-state index in [0.717, 1.165) is 12.4 Å². The highest BCUT2D eigenvalue weighted by molar-refractivity contribution is 5.80. The molecule has 0 amide bonds. The number of aldehydes is 1. The highest BCUT2D eigenvalue weighted by Gasteiger charge is 1.82. The maximum absolute atomic E-state index is 9.98. The summed E-state index contributed by atoms with van der Waals surface area (Å²) in [7, 11) is 1.31. The number of nitrogens with zero attached hydrogens (tertiary/aromatic N) is 1. The molecule has 82 valence electrons. The van der Waals surface area contributed by atoms with E-state index in [-0.39, 0.29) is 7.43 Å². The number of hydrogen-bond acceptors (Lipinski definition) is 4. The summed E-state index contributed by atoms with van der Waals surface area (Å²) in [5.74, 6) is -0.394. The molecule has 0 radical (unpaired) electrons. The molecule has 0 saturated heterocycles. The molecule has 0 aliphatic carbocycles. The molecule has 1 heterocycles. The number of pyridine rings is 1. The third-order valence-electron chi connectivity index (χ3n) is 1.21. The highest BCUT2D eigenvalue weighted by atomic mass is 16.5. The molecule has 0 spiro atoms. The Morgan fingerprint density at radius 1 is 1.47 bits per heavy atom. The van der Waals surface area contributed by atoms with Crippen LogP contribution in [0.5, 0.6) is 0 Å². The Bertz CT molecular complexity index is 296. The predicted octanol–water partition coefficient (Wildman–Crippen LogP) is 1.88. The number of ether oxygens (including phenoxy) is 1. The van der Waals surface area contributed by atoms with Gasteiger partial charge in [-0.25, -0.2) is 4.79 Å². The maximum Gasteiger partial charge on any atom is 0.329 e. The van der Waals surface area contributed by atoms with Crippen molar-refractivity contribution in [2.24, 2.45) is 0 Å². The summed E-state index contributed by atoms with van der Waals surface area (Å²) in [6, 6.07) is 3.32. The zero-order valence-corrected chi connectivity index (χ0v) is 7.84. The van der Waals surface area contributed by atoms with Crippen LogP contribution >= 0.6 is 0 Å². The number of esters is 1. The summed E-state index contributed by atoms with van der Waals surface area (Å²) in [5.41, 5.74) is 0.667. The number of methoxy groups -OCH3 is 1. The molecule has 0 aromatic carbocycles. The van der Waals surface area contributed by atoms with E-state index < -0.39 is 5.97 Å². The monoisotopic (exact) mass is 209 g/mol. The molecule has 0 fully saturated rings. The number of rotatable bonds is 2. The van der Waals surface area contributed by atoms with Crippen molar-refractivity contribution < 1.29 is 14.3 Å². The summed E-state index contributed by atoms with van der Waals surface area (Å²) in [4.78, 5) is 23.6. The molecule has 0 aliphatic rings. The zero-order valence-electron chi connectivity index (χ0n) is 7.84. The van der Waals surface area contributed by atoms with Gasteiger partial charge in [0.2, 0.25) is 0 Å². The quantitative estimate of drug-likeness (QED) is 0.424. The van der Waals surface area contributed by atoms with Gasteiger partial charge in [0.05, 0.1) is 7.11 Å². The van der Waals surface area contributed by atoms with Crippen molar-refractivity contribution in [3.63, 3.8) is 0 Å². The first-order chi connectivity index (χ1) is 6.74. The van der Waals surface area contributed by atoms with Gasteiger partial charge >= 0.3 is 5.97 Å². The van der Waals surface area contributed by atoms with Crippen molar-refractivity contribution >= 4 is 12.3 Å². The molecule has 0 N–H and O–H groups in total. The van der Waals surface area contributed by atoms with Crippen LogP contribution in [0.15, 0.2) is 37.2 Å². The highest BCUT2D eigenvalue weighted by Crippen LogP contribution is 1.88. The fourth-order valence-corrected chi connectivity index (χ4v) is 0.525. The van der Waals surface area contributed by atoms with Gasteiger partial charge in [-0.2, -0.15) is 0 Å². The molecule has 0 atom stereocenters. The van der Waals surface area contributed by atoms with Crippen molar-refractivity contribution in [3.05, 3.63) is 42.7 Å². The summed E-state index contributed by atoms with van der Waals surface area (Å²) < 4.78 is 4.14. The first-order valence-corrected chi connectivity index (χ1v) is 3.80. The molecule has 0 unspecified atom stereocenters. The number of hydrogen-bond donors (Lipinski definition) is 0. The molecule has 4 heteroatoms. The van der Waals surface area contributed by atoms with E-state index in [1.54, 1.807) is 24.5 Å². The first-order valence-electron chi connectivity index (χ1n) is 3.80. The average Bonchev–Trinajstić information content (AvgIpc) is 2.30. The van der Waals surface area contributed by atoms with Crippen molar-refractivity contribution in [2.45, 2.75) is 7.43 Å². The Labute approximate surface area is 89.6 Å². The van der Waals surface area contributed by atoms with Gasteiger partial charge in [-0.15, -0.1) is 0 Å². The molecular formula is C11H15NO3. The second-order valence-corrected chi connectivity index (χ2v) is 2.13. The van der Waals surface area contributed by atoms with Crippen LogP contribution < -0.4 is 0 Å². The van der Waals surface area contributed by atoms with Gasteiger partial charge in [-0.1, -0.05) is 14.0 Å². The number of carbonyl (C=O) groups is 2. The molecule has 0 aliphatic heterocycles. The lowest BCUT2D eigenvalue weighted by atomic mass is 10.3. The van der Waals surface area contributed by atoms with Gasteiger partial charge in [0.25, 0.3) is 0 Å². The predicted molar refractivity (Wildman–Crippen MR) is 58.6 cm³/mol. The van der Waals surface area contributed by atoms with E-state index in [0.29, 0.717) is 5.56 Å². The second kappa shape index (κ2) is 10.1. The van der Waals surface area contributed by atoms with Crippen LogP contribution in [-0.4, -0.2) is 24.3 Å². The zero-order chi connectivity index (χ0) is 10.8. The van der Waals surface area contributed by atoms with Crippen molar-refractivity contribution in [3.8, 4) is 0 Å². The van der Waals surface area contributed by atoms with E-state index in [9.17, 15) is 9.59 Å². The van der Waals surface area contributed by atoms with Crippen LogP contribution in [0.2, 0.25) is 0 Å². The second-order valence-electron chi connectivity index (χ2n) is 2.13. The third-order valence-corrected chi connectivity index (χ3v) is 1.21. The maximum atomic E-state index is 9.98. The SMILES string of the molecule is C.C=CC(=O)OC.O=Cc1ccncc1. The van der Waals surface area contributed by atoms with Crippen molar-refractivity contribution in [1.82, 2.24) is 4.98 Å². The Kier molecular flexibility index (Phi) is 10.5. The third kappa shape index (κ3) is 8.36. The largest absolute Gasteiger partial charge is 0.466 e. The minimum absolute atomic E-state index is 0. The van der Waals surface area contributed by atoms with Gasteiger partial charge in [0, 0.05) is 24.0 Å². The normalized spacial score (nSPS) is 7.27. The number of carbonyl (C=O) groups excluding carboxylic acids is 2. The van der Waals surface area contributed by atoms with Gasteiger partial charge in [0.15, 0.2) is 0 Å². The minimum Gasteiger partial charge on any atom is -0.466 e. The van der Waals surface area contributed by atoms with Gasteiger partial charge in [-0.05, 0) is 12.1 Å². The number of aromatic nitrogens is 1. The fourth-order valence-electron chi connectivity index (χ4n) is 0.525. The summed E-state index contributed by atoms with van der Waals surface area (Å²) in [6.07, 6.45) is 5.08. The first kappa shape index (κ1) is 15.5. The molecule has 1 aromatic heterocycles. The molecule has 15 heavy (non-hydrogen) atoms. The lowest BCUT2D eigenvalue weighted by Gasteiger charge is -1.83. The van der Waals surface area contributed by atoms with Crippen LogP contribution in [0.25, 0.3) is 0 Å². The Hall–Kier alpha value is -1.97. The fraction of sp³-hybridized carbons (Fsp3) is 0.182. The smallest absolute Gasteiger partial charge is 0.329 e. The summed E-state index contributed by atoms with van der Waals surface area (Å²) in [5, 5.41) is 0. The van der Waals surface area contributed by atoms with Gasteiger partial charge in [0.1, 0.15) is 6.29 Å². The van der Waals surface area contributed by atoms with Crippen LogP contribution in [0.3, 0.4) is 0 Å². The van der Waals surface area contributed by atoms with E-state index >= 15 is 0 Å². The van der Waals surface area contributed by atoms with Gasteiger partial charge in [-0.3, -0.25) is 9.78 Å². The minimum atomic E-state index is -0.394. The summed E-state index contributed by atoms with van der Waals surface area (Å²) in [6.45, 7) is 3.16. The lowest BCUT2D eigenvalue weighted by Crippen LogP contribution is -1.91. The van der Waals surface area contributed by atoms with E-state index in [1.165, 1.54) is 7.11 Å². The topological polar surface area (TPSA) is 56.3 Å². The Balaban J connectivity index is 0. The molecule has 1 aromatic rings. The molecule has 4 nitrogen and oxygen atoms in total. The Morgan fingerprint density at radius 3 is 2.20 bits per heavy atom. The average molecular weight is 209 g/mol. The van der Waals surface area contributed by atoms with Crippen LogP contribution in [-0.2, 0) is 9.53 Å². The van der Waals surface area contributed by atoms with Crippen molar-refractivity contribution in [1.29, 1.82) is 0 Å². The lowest BCUT2D eigenvalue weighted by molar-refractivity contribution is -0.134. The van der Waals surface area contributed by atoms with Crippen molar-refractivity contribution in [2.75, 3.05) is 7.11 Å². The molecule has 0 bridgehead atoms. The van der Waals surface area contributed by atoms with Crippen LogP contribution in [0.4, 0.5) is 0 Å². The van der Waals surface area contributed by atoms with Crippen LogP contribution in [0.1, 0.15) is 17.8 Å². The van der Waals surface area contributed by atoms with E-state index in [4.69, 9.17) is 0 Å². The Morgan fingerprint density at radius 2 is 2.00 bits per heavy atom. The van der Waals surface area contributed by atoms with Crippen LogP contribution in [0, 0.1) is 0 Å². The standard InChI is InChI=1S/C6H5NO.C4H6O2.CH4/c8-5-6-1-3-7-4-2-6;1-3-4(5)6-2;/h1-5H;3H,1H2,2H3;1H4. The van der Waals surface area contributed by atoms with E-state index in [2.05, 4.69) is 16.3 Å². The summed E-state index contributed by atoms with van der Waals surface area (Å²) >= 11 is 0. The molecular weight excluding hydrogens is 194 g/mol. The van der Waals surface area contributed by atoms with E-state index in [1.807, 2.05) is 0 Å². The molecule has 1 rings (SSSR count).